The van der Waals surface area contributed by atoms with Gasteiger partial charge in [-0.3, -0.25) is 4.90 Å². The third kappa shape index (κ3) is 4.64. The van der Waals surface area contributed by atoms with Gasteiger partial charge in [-0.05, 0) is 42.3 Å². The number of anilines is 2. The quantitative estimate of drug-likeness (QED) is 0.709. The van der Waals surface area contributed by atoms with Gasteiger partial charge in [-0.15, -0.1) is 0 Å². The van der Waals surface area contributed by atoms with Crippen LogP contribution in [0.4, 0.5) is 11.5 Å². The average Bonchev–Trinajstić information content (AvgIpc) is 2.74. The number of aromatic nitrogens is 1. The molecule has 3 aromatic rings. The summed E-state index contributed by atoms with van der Waals surface area (Å²) in [5.41, 5.74) is 10.3. The first-order chi connectivity index (χ1) is 13.7. The summed E-state index contributed by atoms with van der Waals surface area (Å²) in [6.07, 6.45) is 1.05. The summed E-state index contributed by atoms with van der Waals surface area (Å²) >= 11 is 5.96. The van der Waals surface area contributed by atoms with Gasteiger partial charge in [0.2, 0.25) is 0 Å². The van der Waals surface area contributed by atoms with E-state index in [0.717, 1.165) is 61.1 Å². The lowest BCUT2D eigenvalue weighted by Gasteiger charge is -2.36. The fourth-order valence-corrected chi connectivity index (χ4v) is 3.67. The first-order valence-electron chi connectivity index (χ1n) is 9.64. The van der Waals surface area contributed by atoms with Crippen molar-refractivity contribution < 1.29 is 0 Å². The van der Waals surface area contributed by atoms with E-state index in [4.69, 9.17) is 17.3 Å². The molecule has 5 heteroatoms. The molecule has 1 radical (unpaired) electrons. The Hall–Kier alpha value is -2.56. The van der Waals surface area contributed by atoms with Crippen LogP contribution in [-0.2, 0) is 6.42 Å². The van der Waals surface area contributed by atoms with Crippen LogP contribution >= 0.6 is 11.6 Å². The van der Waals surface area contributed by atoms with Crippen molar-refractivity contribution in [3.8, 4) is 11.3 Å². The molecule has 1 fully saturated rings. The number of pyridine rings is 1. The van der Waals surface area contributed by atoms with E-state index in [1.165, 1.54) is 5.56 Å². The highest BCUT2D eigenvalue weighted by molar-refractivity contribution is 6.30. The molecule has 1 aliphatic heterocycles. The maximum Gasteiger partial charge on any atom is 0.124 e. The molecule has 0 saturated carbocycles. The number of nitrogens with two attached hydrogens (primary N) is 1. The normalized spacial score (nSPS) is 15.0. The smallest absolute Gasteiger partial charge is 0.124 e. The van der Waals surface area contributed by atoms with Gasteiger partial charge >= 0.3 is 0 Å². The van der Waals surface area contributed by atoms with Crippen LogP contribution < -0.4 is 10.6 Å². The molecule has 143 valence electrons. The summed E-state index contributed by atoms with van der Waals surface area (Å²) in [5.74, 6) is 0.553. The summed E-state index contributed by atoms with van der Waals surface area (Å²) in [6.45, 7) is 5.27. The van der Waals surface area contributed by atoms with Gasteiger partial charge in [0.1, 0.15) is 5.82 Å². The van der Waals surface area contributed by atoms with E-state index in [9.17, 15) is 0 Å². The molecule has 1 aliphatic rings. The lowest BCUT2D eigenvalue weighted by atomic mass is 10.1. The van der Waals surface area contributed by atoms with Gasteiger partial charge in [0, 0.05) is 55.1 Å². The van der Waals surface area contributed by atoms with Gasteiger partial charge in [-0.1, -0.05) is 41.9 Å². The van der Waals surface area contributed by atoms with E-state index < -0.39 is 0 Å². The molecular formula is C23H24ClN4. The number of piperazine rings is 1. The van der Waals surface area contributed by atoms with E-state index in [1.807, 2.05) is 30.3 Å². The van der Waals surface area contributed by atoms with Gasteiger partial charge in [-0.25, -0.2) is 4.98 Å². The van der Waals surface area contributed by atoms with E-state index in [-0.39, 0.29) is 0 Å². The van der Waals surface area contributed by atoms with Crippen molar-refractivity contribution in [1.29, 1.82) is 0 Å². The first-order valence-corrected chi connectivity index (χ1v) is 10.0. The Morgan fingerprint density at radius 2 is 1.75 bits per heavy atom. The Labute approximate surface area is 171 Å². The zero-order valence-electron chi connectivity index (χ0n) is 15.8. The maximum absolute atomic E-state index is 5.96. The van der Waals surface area contributed by atoms with Gasteiger partial charge < -0.3 is 10.6 Å². The Balaban J connectivity index is 1.28. The first kappa shape index (κ1) is 18.8. The highest BCUT2D eigenvalue weighted by Gasteiger charge is 2.17. The van der Waals surface area contributed by atoms with Crippen LogP contribution in [0, 0.1) is 6.07 Å². The molecule has 0 aliphatic carbocycles. The van der Waals surface area contributed by atoms with Crippen LogP contribution in [0.2, 0.25) is 5.02 Å². The monoisotopic (exact) mass is 391 g/mol. The van der Waals surface area contributed by atoms with Crippen LogP contribution in [-0.4, -0.2) is 42.6 Å². The minimum Gasteiger partial charge on any atom is -0.384 e. The SMILES string of the molecule is Nc1cccc(-c2ccc(CCN3CCN(c4[c]cc(Cl)cc4)CC3)cc2)n1. The third-order valence-electron chi connectivity index (χ3n) is 5.21. The Bertz CT molecular complexity index is 901. The summed E-state index contributed by atoms with van der Waals surface area (Å²) in [5, 5.41) is 0.736. The zero-order valence-corrected chi connectivity index (χ0v) is 16.6. The van der Waals surface area contributed by atoms with E-state index in [1.54, 1.807) is 0 Å². The number of benzene rings is 2. The number of hydrogen-bond donors (Lipinski definition) is 1. The van der Waals surface area contributed by atoms with Gasteiger partial charge in [0.25, 0.3) is 0 Å². The van der Waals surface area contributed by atoms with Crippen LogP contribution in [0.1, 0.15) is 5.56 Å². The van der Waals surface area contributed by atoms with Gasteiger partial charge in [0.05, 0.1) is 5.69 Å². The highest BCUT2D eigenvalue weighted by atomic mass is 35.5. The van der Waals surface area contributed by atoms with Crippen molar-refractivity contribution in [3.05, 3.63) is 77.3 Å². The van der Waals surface area contributed by atoms with Crippen molar-refractivity contribution in [2.45, 2.75) is 6.42 Å². The molecule has 0 spiro atoms. The number of hydrogen-bond acceptors (Lipinski definition) is 4. The summed E-state index contributed by atoms with van der Waals surface area (Å²) in [7, 11) is 0. The average molecular weight is 392 g/mol. The molecule has 4 nitrogen and oxygen atoms in total. The van der Waals surface area contributed by atoms with Crippen LogP contribution in [0.3, 0.4) is 0 Å². The summed E-state index contributed by atoms with van der Waals surface area (Å²) in [6, 6.07) is 23.5. The Kier molecular flexibility index (Phi) is 5.79. The summed E-state index contributed by atoms with van der Waals surface area (Å²) < 4.78 is 0. The third-order valence-corrected chi connectivity index (χ3v) is 5.44. The van der Waals surface area contributed by atoms with Crippen molar-refractivity contribution in [1.82, 2.24) is 9.88 Å². The Morgan fingerprint density at radius 1 is 0.964 bits per heavy atom. The molecule has 0 atom stereocenters. The fraction of sp³-hybridized carbons (Fsp3) is 0.261. The van der Waals surface area contributed by atoms with Crippen molar-refractivity contribution in [2.75, 3.05) is 43.4 Å². The van der Waals surface area contributed by atoms with Crippen LogP contribution in [0.25, 0.3) is 11.3 Å². The second-order valence-corrected chi connectivity index (χ2v) is 7.55. The minimum atomic E-state index is 0.553. The molecule has 2 aromatic carbocycles. The Morgan fingerprint density at radius 3 is 2.43 bits per heavy atom. The topological polar surface area (TPSA) is 45.4 Å². The predicted octanol–water partition coefficient (Wildman–Crippen LogP) is 4.15. The molecule has 0 bridgehead atoms. The van der Waals surface area contributed by atoms with Crippen molar-refractivity contribution in [3.63, 3.8) is 0 Å². The number of nitrogens with zero attached hydrogens (tertiary/aromatic N) is 3. The molecule has 2 heterocycles. The maximum atomic E-state index is 5.96. The predicted molar refractivity (Wildman–Crippen MR) is 117 cm³/mol. The lowest BCUT2D eigenvalue weighted by Crippen LogP contribution is -2.47. The lowest BCUT2D eigenvalue weighted by molar-refractivity contribution is 0.261. The van der Waals surface area contributed by atoms with Crippen molar-refractivity contribution >= 4 is 23.1 Å². The number of halogens is 1. The van der Waals surface area contributed by atoms with Crippen molar-refractivity contribution in [2.24, 2.45) is 0 Å². The van der Waals surface area contributed by atoms with Crippen LogP contribution in [0.5, 0.6) is 0 Å². The highest BCUT2D eigenvalue weighted by Crippen LogP contribution is 2.20. The van der Waals surface area contributed by atoms with Gasteiger partial charge in [-0.2, -0.15) is 0 Å². The second kappa shape index (κ2) is 8.63. The molecule has 0 unspecified atom stereocenters. The van der Waals surface area contributed by atoms with E-state index in [2.05, 4.69) is 51.2 Å². The second-order valence-electron chi connectivity index (χ2n) is 7.12. The largest absolute Gasteiger partial charge is 0.384 e. The number of rotatable bonds is 5. The molecule has 1 aromatic heterocycles. The molecule has 4 rings (SSSR count). The molecule has 0 amide bonds. The molecule has 28 heavy (non-hydrogen) atoms. The summed E-state index contributed by atoms with van der Waals surface area (Å²) in [4.78, 5) is 9.29. The van der Waals surface area contributed by atoms with Gasteiger partial charge in [0.15, 0.2) is 0 Å². The molecular weight excluding hydrogens is 368 g/mol. The minimum absolute atomic E-state index is 0.553. The van der Waals surface area contributed by atoms with E-state index in [0.29, 0.717) is 5.82 Å². The fourth-order valence-electron chi connectivity index (χ4n) is 3.55. The van der Waals surface area contributed by atoms with Crippen LogP contribution in [0.15, 0.2) is 60.7 Å². The molecule has 1 saturated heterocycles. The van der Waals surface area contributed by atoms with E-state index >= 15 is 0 Å². The molecule has 2 N–H and O–H groups in total. The zero-order chi connectivity index (χ0) is 19.3. The number of nitrogen functional groups attached to an aromatic ring is 1. The standard InChI is InChI=1S/C23H24ClN4/c24-20-8-10-21(11-9-20)28-16-14-27(15-17-28)13-12-18-4-6-19(7-5-18)22-2-1-3-23(25)26-22/h1-10H,12-17H2,(H2,25,26).